The minimum absolute atomic E-state index is 0.355. The lowest BCUT2D eigenvalue weighted by atomic mass is 9.86. The molecule has 0 saturated carbocycles. The molecule has 0 fully saturated rings. The summed E-state index contributed by atoms with van der Waals surface area (Å²) in [7, 11) is 0. The molecule has 0 saturated heterocycles. The number of hydrazone groups is 1. The van der Waals surface area contributed by atoms with Crippen LogP contribution in [-0.2, 0) is 9.53 Å². The Bertz CT molecular complexity index is 616. The molecule has 0 aromatic heterocycles. The molecule has 2 unspecified atom stereocenters. The normalized spacial score (nSPS) is 25.8. The van der Waals surface area contributed by atoms with Gasteiger partial charge in [-0.3, -0.25) is 9.80 Å². The fraction of sp³-hybridized carbons (Fsp3) is 0.474. The standard InChI is InChI=1S/C19H25N3O2/c20-19(23)17-8-6-16(7-9-17)18-12-21-22(13-18)10-11-24-14-15-4-2-1-3-5-15/h1-2,4,6,8-9,12,16,18H,3,5,7,10-11,13-14H2,(H2,20,23). The Morgan fingerprint density at radius 2 is 2.33 bits per heavy atom. The molecule has 5 nitrogen and oxygen atoms in total. The summed E-state index contributed by atoms with van der Waals surface area (Å²) in [5.74, 6) is 0.423. The third kappa shape index (κ3) is 4.45. The molecule has 3 aliphatic rings. The molecule has 1 amide bonds. The number of allylic oxidation sites excluding steroid dienone is 5. The molecule has 5 heteroatoms. The van der Waals surface area contributed by atoms with Gasteiger partial charge in [0.05, 0.1) is 19.8 Å². The summed E-state index contributed by atoms with van der Waals surface area (Å²) in [6.45, 7) is 3.13. The summed E-state index contributed by atoms with van der Waals surface area (Å²) in [6.07, 6.45) is 17.4. The van der Waals surface area contributed by atoms with Crippen molar-refractivity contribution in [2.45, 2.75) is 19.3 Å². The Morgan fingerprint density at radius 3 is 3.04 bits per heavy atom. The fourth-order valence-electron chi connectivity index (χ4n) is 3.20. The smallest absolute Gasteiger partial charge is 0.248 e. The third-order valence-corrected chi connectivity index (χ3v) is 4.69. The van der Waals surface area contributed by atoms with Crippen LogP contribution in [0.2, 0.25) is 0 Å². The zero-order valence-corrected chi connectivity index (χ0v) is 13.9. The molecule has 1 aliphatic heterocycles. The van der Waals surface area contributed by atoms with Crippen molar-refractivity contribution in [3.8, 4) is 0 Å². The number of ether oxygens (including phenoxy) is 1. The first-order valence-electron chi connectivity index (χ1n) is 8.62. The van der Waals surface area contributed by atoms with Gasteiger partial charge in [-0.05, 0) is 30.8 Å². The first kappa shape index (κ1) is 16.7. The van der Waals surface area contributed by atoms with Crippen LogP contribution in [0.1, 0.15) is 19.3 Å². The number of rotatable bonds is 7. The van der Waals surface area contributed by atoms with Crippen molar-refractivity contribution >= 4 is 12.1 Å². The summed E-state index contributed by atoms with van der Waals surface area (Å²) >= 11 is 0. The van der Waals surface area contributed by atoms with Gasteiger partial charge < -0.3 is 10.5 Å². The largest absolute Gasteiger partial charge is 0.375 e. The van der Waals surface area contributed by atoms with E-state index in [9.17, 15) is 4.79 Å². The van der Waals surface area contributed by atoms with Crippen LogP contribution in [0.5, 0.6) is 0 Å². The van der Waals surface area contributed by atoms with Crippen LogP contribution in [0.4, 0.5) is 0 Å². The van der Waals surface area contributed by atoms with Gasteiger partial charge in [-0.2, -0.15) is 5.10 Å². The van der Waals surface area contributed by atoms with Gasteiger partial charge in [-0.25, -0.2) is 0 Å². The van der Waals surface area contributed by atoms with Crippen LogP contribution < -0.4 is 5.73 Å². The fourth-order valence-corrected chi connectivity index (χ4v) is 3.20. The van der Waals surface area contributed by atoms with Crippen molar-refractivity contribution in [1.82, 2.24) is 5.01 Å². The number of nitrogens with zero attached hydrogens (tertiary/aromatic N) is 2. The lowest BCUT2D eigenvalue weighted by molar-refractivity contribution is -0.114. The number of carbonyl (C=O) groups is 1. The minimum atomic E-state index is -0.355. The average molecular weight is 327 g/mol. The molecule has 128 valence electrons. The Kier molecular flexibility index (Phi) is 5.64. The van der Waals surface area contributed by atoms with E-state index in [1.54, 1.807) is 0 Å². The second kappa shape index (κ2) is 8.11. The van der Waals surface area contributed by atoms with Crippen molar-refractivity contribution in [2.24, 2.45) is 22.7 Å². The van der Waals surface area contributed by atoms with E-state index in [0.717, 1.165) is 39.0 Å². The van der Waals surface area contributed by atoms with Crippen LogP contribution in [0.15, 0.2) is 52.7 Å². The maximum absolute atomic E-state index is 11.1. The van der Waals surface area contributed by atoms with E-state index >= 15 is 0 Å². The quantitative estimate of drug-likeness (QED) is 0.729. The molecule has 0 aromatic rings. The first-order valence-corrected chi connectivity index (χ1v) is 8.62. The zero-order valence-electron chi connectivity index (χ0n) is 13.9. The molecule has 0 spiro atoms. The number of hydrogen-bond acceptors (Lipinski definition) is 4. The van der Waals surface area contributed by atoms with E-state index in [-0.39, 0.29) is 5.91 Å². The summed E-state index contributed by atoms with van der Waals surface area (Å²) in [5.41, 5.74) is 7.27. The minimum Gasteiger partial charge on any atom is -0.375 e. The molecule has 1 heterocycles. The molecule has 2 N–H and O–H groups in total. The second-order valence-electron chi connectivity index (χ2n) is 6.47. The predicted octanol–water partition coefficient (Wildman–Crippen LogP) is 2.18. The van der Waals surface area contributed by atoms with Crippen molar-refractivity contribution < 1.29 is 9.53 Å². The second-order valence-corrected chi connectivity index (χ2v) is 6.47. The number of hydrogen-bond donors (Lipinski definition) is 1. The highest BCUT2D eigenvalue weighted by Gasteiger charge is 2.25. The predicted molar refractivity (Wildman–Crippen MR) is 95.4 cm³/mol. The van der Waals surface area contributed by atoms with E-state index < -0.39 is 0 Å². The van der Waals surface area contributed by atoms with Gasteiger partial charge in [-0.15, -0.1) is 0 Å². The van der Waals surface area contributed by atoms with Crippen LogP contribution in [0, 0.1) is 11.8 Å². The highest BCUT2D eigenvalue weighted by Crippen LogP contribution is 2.26. The summed E-state index contributed by atoms with van der Waals surface area (Å²) < 4.78 is 5.76. The molecule has 0 radical (unpaired) electrons. The topological polar surface area (TPSA) is 67.9 Å². The molecular weight excluding hydrogens is 302 g/mol. The van der Waals surface area contributed by atoms with E-state index in [0.29, 0.717) is 24.0 Å². The molecule has 2 atom stereocenters. The van der Waals surface area contributed by atoms with Gasteiger partial charge in [-0.1, -0.05) is 36.5 Å². The summed E-state index contributed by atoms with van der Waals surface area (Å²) in [6, 6.07) is 0. The number of amides is 1. The summed E-state index contributed by atoms with van der Waals surface area (Å²) in [5, 5.41) is 6.56. The zero-order chi connectivity index (χ0) is 16.8. The highest BCUT2D eigenvalue weighted by atomic mass is 16.5. The van der Waals surface area contributed by atoms with Gasteiger partial charge >= 0.3 is 0 Å². The average Bonchev–Trinajstić information content (AvgIpc) is 3.09. The molecular formula is C19H25N3O2. The van der Waals surface area contributed by atoms with E-state index in [2.05, 4.69) is 34.4 Å². The van der Waals surface area contributed by atoms with Crippen molar-refractivity contribution in [3.63, 3.8) is 0 Å². The number of nitrogens with two attached hydrogens (primary N) is 1. The van der Waals surface area contributed by atoms with E-state index in [4.69, 9.17) is 10.5 Å². The van der Waals surface area contributed by atoms with Crippen molar-refractivity contribution in [3.05, 3.63) is 47.6 Å². The maximum Gasteiger partial charge on any atom is 0.248 e. The highest BCUT2D eigenvalue weighted by molar-refractivity contribution is 5.95. The van der Waals surface area contributed by atoms with Gasteiger partial charge in [0.2, 0.25) is 5.91 Å². The van der Waals surface area contributed by atoms with Gasteiger partial charge in [0, 0.05) is 24.3 Å². The molecule has 0 bridgehead atoms. The molecule has 3 rings (SSSR count). The van der Waals surface area contributed by atoms with E-state index in [1.165, 1.54) is 5.57 Å². The van der Waals surface area contributed by atoms with Crippen LogP contribution in [0.3, 0.4) is 0 Å². The first-order chi connectivity index (χ1) is 11.7. The molecule has 2 aliphatic carbocycles. The van der Waals surface area contributed by atoms with Gasteiger partial charge in [0.15, 0.2) is 0 Å². The number of primary amides is 1. The molecule has 24 heavy (non-hydrogen) atoms. The van der Waals surface area contributed by atoms with Gasteiger partial charge in [0.25, 0.3) is 0 Å². The Balaban J connectivity index is 1.35. The monoisotopic (exact) mass is 327 g/mol. The SMILES string of the molecule is NC(=O)C1=CCC(C2C=NN(CCOCC3=CC=CCC3)C2)C=C1. The Hall–Kier alpha value is -2.14. The lowest BCUT2D eigenvalue weighted by Gasteiger charge is -2.22. The van der Waals surface area contributed by atoms with Crippen LogP contribution in [-0.4, -0.2) is 43.4 Å². The number of carbonyl (C=O) groups excluding carboxylic acids is 1. The molecule has 0 aromatic carbocycles. The van der Waals surface area contributed by atoms with E-state index in [1.807, 2.05) is 18.4 Å². The third-order valence-electron chi connectivity index (χ3n) is 4.69. The van der Waals surface area contributed by atoms with Crippen LogP contribution in [0.25, 0.3) is 0 Å². The Labute approximate surface area is 143 Å². The maximum atomic E-state index is 11.1. The van der Waals surface area contributed by atoms with Crippen LogP contribution >= 0.6 is 0 Å². The lowest BCUT2D eigenvalue weighted by Crippen LogP contribution is -2.27. The Morgan fingerprint density at radius 1 is 1.42 bits per heavy atom. The summed E-state index contributed by atoms with van der Waals surface area (Å²) in [4.78, 5) is 11.1. The van der Waals surface area contributed by atoms with Crippen molar-refractivity contribution in [2.75, 3.05) is 26.3 Å². The van der Waals surface area contributed by atoms with Gasteiger partial charge in [0.1, 0.15) is 0 Å². The van der Waals surface area contributed by atoms with Crippen molar-refractivity contribution in [1.29, 1.82) is 0 Å².